The van der Waals surface area contributed by atoms with E-state index in [0.717, 1.165) is 49.2 Å². The molecular weight excluding hydrogens is 382 g/mol. The monoisotopic (exact) mass is 405 g/mol. The van der Waals surface area contributed by atoms with Crippen LogP contribution in [0.15, 0.2) is 35.1 Å². The van der Waals surface area contributed by atoms with Gasteiger partial charge in [-0.3, -0.25) is 4.79 Å². The lowest BCUT2D eigenvalue weighted by molar-refractivity contribution is 0.0681. The van der Waals surface area contributed by atoms with Gasteiger partial charge in [-0.2, -0.15) is 0 Å². The van der Waals surface area contributed by atoms with E-state index in [0.29, 0.717) is 17.2 Å². The minimum Gasteiger partial charge on any atom is -0.497 e. The van der Waals surface area contributed by atoms with Crippen LogP contribution in [-0.4, -0.2) is 40.6 Å². The molecule has 0 N–H and O–H groups in total. The van der Waals surface area contributed by atoms with Gasteiger partial charge in [-0.1, -0.05) is 6.92 Å². The highest BCUT2D eigenvalue weighted by Gasteiger charge is 2.25. The fourth-order valence-electron chi connectivity index (χ4n) is 3.38. The van der Waals surface area contributed by atoms with E-state index < -0.39 is 0 Å². The maximum atomic E-state index is 12.8. The molecule has 1 aliphatic rings. The summed E-state index contributed by atoms with van der Waals surface area (Å²) >= 11 is 3.48. The Kier molecular flexibility index (Phi) is 5.78. The van der Waals surface area contributed by atoms with Gasteiger partial charge >= 0.3 is 0 Å². The van der Waals surface area contributed by atoms with Gasteiger partial charge in [0, 0.05) is 42.9 Å². The number of halogens is 1. The smallest absolute Gasteiger partial charge is 0.255 e. The first kappa shape index (κ1) is 18.0. The first-order valence-corrected chi connectivity index (χ1v) is 9.54. The molecule has 1 aromatic carbocycles. The second kappa shape index (κ2) is 8.04. The standard InChI is InChI=1S/C19H24BrN3O2/c1-3-18-21-8-11-23(18)13-14-6-9-22(10-7-14)19(24)16-12-15(25-2)4-5-17(16)20/h4-5,8,11-12,14H,3,6-7,9-10,13H2,1-2H3. The number of benzene rings is 1. The van der Waals surface area contributed by atoms with Crippen molar-refractivity contribution in [1.29, 1.82) is 0 Å². The molecule has 0 saturated carbocycles. The number of piperidine rings is 1. The number of aryl methyl sites for hydroxylation is 1. The molecule has 2 heterocycles. The number of nitrogens with zero attached hydrogens (tertiary/aromatic N) is 3. The van der Waals surface area contributed by atoms with Crippen LogP contribution in [-0.2, 0) is 13.0 Å². The van der Waals surface area contributed by atoms with E-state index in [-0.39, 0.29) is 5.91 Å². The van der Waals surface area contributed by atoms with Crippen LogP contribution >= 0.6 is 15.9 Å². The maximum absolute atomic E-state index is 12.8. The van der Waals surface area contributed by atoms with E-state index in [4.69, 9.17) is 4.74 Å². The molecule has 0 spiro atoms. The Hall–Kier alpha value is -1.82. The van der Waals surface area contributed by atoms with Crippen LogP contribution in [0.5, 0.6) is 5.75 Å². The summed E-state index contributed by atoms with van der Waals surface area (Å²) in [4.78, 5) is 19.2. The number of carbonyl (C=O) groups is 1. The molecule has 0 aliphatic carbocycles. The van der Waals surface area contributed by atoms with Crippen molar-refractivity contribution in [2.75, 3.05) is 20.2 Å². The van der Waals surface area contributed by atoms with Crippen molar-refractivity contribution >= 4 is 21.8 Å². The molecule has 1 fully saturated rings. The zero-order chi connectivity index (χ0) is 17.8. The number of carbonyl (C=O) groups excluding carboxylic acids is 1. The Morgan fingerprint density at radius 3 is 2.80 bits per heavy atom. The first-order chi connectivity index (χ1) is 12.1. The minimum atomic E-state index is 0.0705. The number of aromatic nitrogens is 2. The van der Waals surface area contributed by atoms with Gasteiger partial charge in [0.05, 0.1) is 12.7 Å². The average Bonchev–Trinajstić information content (AvgIpc) is 3.09. The molecule has 1 aromatic heterocycles. The van der Waals surface area contributed by atoms with Crippen molar-refractivity contribution in [2.24, 2.45) is 5.92 Å². The predicted octanol–water partition coefficient (Wildman–Crippen LogP) is 3.77. The van der Waals surface area contributed by atoms with Crippen molar-refractivity contribution in [1.82, 2.24) is 14.5 Å². The van der Waals surface area contributed by atoms with E-state index >= 15 is 0 Å². The van der Waals surface area contributed by atoms with E-state index in [1.807, 2.05) is 23.2 Å². The second-order valence-electron chi connectivity index (χ2n) is 6.43. The first-order valence-electron chi connectivity index (χ1n) is 8.75. The highest BCUT2D eigenvalue weighted by Crippen LogP contribution is 2.26. The lowest BCUT2D eigenvalue weighted by atomic mass is 9.96. The van der Waals surface area contributed by atoms with Crippen molar-refractivity contribution in [3.8, 4) is 5.75 Å². The molecule has 0 unspecified atom stereocenters. The summed E-state index contributed by atoms with van der Waals surface area (Å²) in [6.07, 6.45) is 6.93. The van der Waals surface area contributed by atoms with Gasteiger partial charge in [-0.25, -0.2) is 4.98 Å². The zero-order valence-corrected chi connectivity index (χ0v) is 16.3. The third-order valence-corrected chi connectivity index (χ3v) is 5.57. The number of imidazole rings is 1. The summed E-state index contributed by atoms with van der Waals surface area (Å²) in [6.45, 7) is 4.72. The maximum Gasteiger partial charge on any atom is 0.255 e. The van der Waals surface area contributed by atoms with Crippen LogP contribution < -0.4 is 4.74 Å². The Labute approximate surface area is 157 Å². The molecule has 6 heteroatoms. The Balaban J connectivity index is 1.61. The topological polar surface area (TPSA) is 47.4 Å². The molecule has 5 nitrogen and oxygen atoms in total. The van der Waals surface area contributed by atoms with Crippen LogP contribution in [0, 0.1) is 5.92 Å². The van der Waals surface area contributed by atoms with Crippen LogP contribution in [0.2, 0.25) is 0 Å². The van der Waals surface area contributed by atoms with Crippen molar-refractivity contribution < 1.29 is 9.53 Å². The van der Waals surface area contributed by atoms with E-state index in [1.165, 1.54) is 0 Å². The van der Waals surface area contributed by atoms with Gasteiger partial charge < -0.3 is 14.2 Å². The third-order valence-electron chi connectivity index (χ3n) is 4.88. The fourth-order valence-corrected chi connectivity index (χ4v) is 3.80. The Morgan fingerprint density at radius 1 is 1.36 bits per heavy atom. The highest BCUT2D eigenvalue weighted by molar-refractivity contribution is 9.10. The number of likely N-dealkylation sites (tertiary alicyclic amines) is 1. The summed E-state index contributed by atoms with van der Waals surface area (Å²) in [6, 6.07) is 5.52. The van der Waals surface area contributed by atoms with Gasteiger partial charge in [-0.05, 0) is 52.9 Å². The summed E-state index contributed by atoms with van der Waals surface area (Å²) in [5.74, 6) is 2.51. The molecule has 0 radical (unpaired) electrons. The predicted molar refractivity (Wildman–Crippen MR) is 101 cm³/mol. The molecule has 2 aromatic rings. The highest BCUT2D eigenvalue weighted by atomic mass is 79.9. The van der Waals surface area contributed by atoms with Crippen LogP contribution in [0.4, 0.5) is 0 Å². The van der Waals surface area contributed by atoms with E-state index in [9.17, 15) is 4.79 Å². The zero-order valence-electron chi connectivity index (χ0n) is 14.7. The summed E-state index contributed by atoms with van der Waals surface area (Å²) in [5, 5.41) is 0. The summed E-state index contributed by atoms with van der Waals surface area (Å²) < 4.78 is 8.31. The van der Waals surface area contributed by atoms with E-state index in [2.05, 4.69) is 38.6 Å². The second-order valence-corrected chi connectivity index (χ2v) is 7.29. The van der Waals surface area contributed by atoms with Gasteiger partial charge in [0.15, 0.2) is 0 Å². The van der Waals surface area contributed by atoms with Gasteiger partial charge in [0.2, 0.25) is 0 Å². The molecule has 1 saturated heterocycles. The van der Waals surface area contributed by atoms with Crippen molar-refractivity contribution in [2.45, 2.75) is 32.7 Å². The Morgan fingerprint density at radius 2 is 2.12 bits per heavy atom. The van der Waals surface area contributed by atoms with Gasteiger partial charge in [-0.15, -0.1) is 0 Å². The fraction of sp³-hybridized carbons (Fsp3) is 0.474. The SMILES string of the molecule is CCc1nccn1CC1CCN(C(=O)c2cc(OC)ccc2Br)CC1. The number of rotatable bonds is 5. The Bertz CT molecular complexity index is 736. The van der Waals surface area contributed by atoms with Crippen LogP contribution in [0.25, 0.3) is 0 Å². The number of amides is 1. The normalized spacial score (nSPS) is 15.4. The third kappa shape index (κ3) is 4.06. The molecule has 3 rings (SSSR count). The summed E-state index contributed by atoms with van der Waals surface area (Å²) in [7, 11) is 1.61. The number of hydrogen-bond acceptors (Lipinski definition) is 3. The lowest BCUT2D eigenvalue weighted by Gasteiger charge is -2.32. The average molecular weight is 406 g/mol. The quantitative estimate of drug-likeness (QED) is 0.760. The molecule has 1 aliphatic heterocycles. The van der Waals surface area contributed by atoms with Crippen molar-refractivity contribution in [3.05, 3.63) is 46.5 Å². The van der Waals surface area contributed by atoms with Crippen molar-refractivity contribution in [3.63, 3.8) is 0 Å². The van der Waals surface area contributed by atoms with Crippen LogP contribution in [0.1, 0.15) is 35.9 Å². The number of hydrogen-bond donors (Lipinski definition) is 0. The minimum absolute atomic E-state index is 0.0705. The van der Waals surface area contributed by atoms with Gasteiger partial charge in [0.1, 0.15) is 11.6 Å². The molecule has 134 valence electrons. The van der Waals surface area contributed by atoms with Crippen LogP contribution in [0.3, 0.4) is 0 Å². The molecule has 0 bridgehead atoms. The molecule has 25 heavy (non-hydrogen) atoms. The largest absolute Gasteiger partial charge is 0.497 e. The summed E-state index contributed by atoms with van der Waals surface area (Å²) in [5.41, 5.74) is 0.667. The number of methoxy groups -OCH3 is 1. The lowest BCUT2D eigenvalue weighted by Crippen LogP contribution is -2.39. The number of ether oxygens (including phenoxy) is 1. The molecular formula is C19H24BrN3O2. The van der Waals surface area contributed by atoms with Gasteiger partial charge in [0.25, 0.3) is 5.91 Å². The molecule has 1 amide bonds. The van der Waals surface area contributed by atoms with E-state index in [1.54, 1.807) is 13.2 Å². The molecule has 0 atom stereocenters.